The van der Waals surface area contributed by atoms with Crippen LogP contribution in [0.15, 0.2) is 34.8 Å². The number of hydrogen-bond acceptors (Lipinski definition) is 1. The van der Waals surface area contributed by atoms with Crippen molar-refractivity contribution in [3.05, 3.63) is 46.0 Å². The Hall–Kier alpha value is -1.15. The zero-order valence-electron chi connectivity index (χ0n) is 10.3. The molecule has 17 heavy (non-hydrogen) atoms. The van der Waals surface area contributed by atoms with Gasteiger partial charge in [-0.2, -0.15) is 0 Å². The fourth-order valence-electron chi connectivity index (χ4n) is 2.01. The molecule has 2 rings (SSSR count). The quantitative estimate of drug-likeness (QED) is 0.697. The largest absolute Gasteiger partial charge is 0.298 e. The molecule has 1 aromatic rings. The Bertz CT molecular complexity index is 530. The number of benzene rings is 1. The van der Waals surface area contributed by atoms with Crippen LogP contribution in [0.25, 0.3) is 11.1 Å². The van der Waals surface area contributed by atoms with Crippen LogP contribution >= 0.6 is 15.9 Å². The van der Waals surface area contributed by atoms with Gasteiger partial charge in [0.15, 0.2) is 6.29 Å². The van der Waals surface area contributed by atoms with Crippen molar-refractivity contribution in [2.45, 2.75) is 20.8 Å². The lowest BCUT2D eigenvalue weighted by Crippen LogP contribution is -2.00. The van der Waals surface area contributed by atoms with E-state index in [2.05, 4.69) is 48.8 Å². The summed E-state index contributed by atoms with van der Waals surface area (Å²) < 4.78 is 1.00. The molecule has 1 aromatic carbocycles. The first-order valence-electron chi connectivity index (χ1n) is 5.61. The molecular weight excluding hydrogens is 276 g/mol. The normalized spacial score (nSPS) is 16.9. The van der Waals surface area contributed by atoms with Crippen molar-refractivity contribution >= 4 is 33.4 Å². The Morgan fingerprint density at radius 3 is 2.47 bits per heavy atom. The minimum atomic E-state index is 0.106. The van der Waals surface area contributed by atoms with Crippen molar-refractivity contribution in [1.29, 1.82) is 0 Å². The second kappa shape index (κ2) is 4.26. The molecule has 0 amide bonds. The fraction of sp³-hybridized carbons (Fsp3) is 0.267. The Morgan fingerprint density at radius 1 is 1.18 bits per heavy atom. The highest BCUT2D eigenvalue weighted by atomic mass is 79.9. The Morgan fingerprint density at radius 2 is 1.88 bits per heavy atom. The lowest BCUT2D eigenvalue weighted by Gasteiger charge is -2.13. The Kier molecular flexibility index (Phi) is 3.09. The zero-order valence-corrected chi connectivity index (χ0v) is 11.8. The summed E-state index contributed by atoms with van der Waals surface area (Å²) in [7, 11) is 0. The third-order valence-corrected chi connectivity index (χ3v) is 3.12. The van der Waals surface area contributed by atoms with E-state index in [1.807, 2.05) is 18.2 Å². The number of allylic oxidation sites excluding steroid dienone is 4. The Labute approximate surface area is 110 Å². The van der Waals surface area contributed by atoms with Gasteiger partial charge in [0.1, 0.15) is 0 Å². The van der Waals surface area contributed by atoms with Crippen LogP contribution in [0.2, 0.25) is 0 Å². The fourth-order valence-corrected chi connectivity index (χ4v) is 2.37. The van der Waals surface area contributed by atoms with Gasteiger partial charge in [-0.05, 0) is 40.3 Å². The van der Waals surface area contributed by atoms with Crippen LogP contribution in [-0.4, -0.2) is 6.29 Å². The molecule has 0 unspecified atom stereocenters. The van der Waals surface area contributed by atoms with E-state index in [0.717, 1.165) is 33.0 Å². The first-order valence-corrected chi connectivity index (χ1v) is 6.40. The molecule has 0 fully saturated rings. The summed E-state index contributed by atoms with van der Waals surface area (Å²) in [6.45, 7) is 6.47. The van der Waals surface area contributed by atoms with E-state index in [4.69, 9.17) is 0 Å². The molecule has 0 bridgehead atoms. The molecule has 0 spiro atoms. The number of rotatable bonds is 1. The van der Waals surface area contributed by atoms with E-state index in [-0.39, 0.29) is 5.41 Å². The van der Waals surface area contributed by atoms with Gasteiger partial charge in [0.2, 0.25) is 0 Å². The Balaban J connectivity index is 2.60. The van der Waals surface area contributed by atoms with Gasteiger partial charge in [0.05, 0.1) is 0 Å². The average molecular weight is 291 g/mol. The van der Waals surface area contributed by atoms with Crippen LogP contribution < -0.4 is 0 Å². The molecule has 0 aliphatic heterocycles. The van der Waals surface area contributed by atoms with Gasteiger partial charge in [-0.3, -0.25) is 4.79 Å². The molecule has 0 atom stereocenters. The molecule has 0 N–H and O–H groups in total. The first-order chi connectivity index (χ1) is 7.90. The zero-order chi connectivity index (χ0) is 12.6. The van der Waals surface area contributed by atoms with Crippen LogP contribution in [0.1, 0.15) is 31.9 Å². The van der Waals surface area contributed by atoms with Crippen molar-refractivity contribution in [3.63, 3.8) is 0 Å². The molecule has 0 saturated heterocycles. The minimum Gasteiger partial charge on any atom is -0.298 e. The molecule has 1 nitrogen and oxygen atoms in total. The smallest absolute Gasteiger partial charge is 0.150 e. The SMILES string of the molecule is CC(C)(C)/C=C1\C=C(C=O)c2cc(Br)ccc21. The number of fused-ring (bicyclic) bond motifs is 1. The lowest BCUT2D eigenvalue weighted by atomic mass is 9.92. The third kappa shape index (κ3) is 2.58. The van der Waals surface area contributed by atoms with Gasteiger partial charge < -0.3 is 0 Å². The molecular formula is C15H15BrO. The predicted molar refractivity (Wildman–Crippen MR) is 75.6 cm³/mol. The molecule has 88 valence electrons. The van der Waals surface area contributed by atoms with Crippen molar-refractivity contribution < 1.29 is 4.79 Å². The van der Waals surface area contributed by atoms with E-state index in [1.165, 1.54) is 0 Å². The van der Waals surface area contributed by atoms with Crippen molar-refractivity contribution in [3.8, 4) is 0 Å². The van der Waals surface area contributed by atoms with Gasteiger partial charge in [0.25, 0.3) is 0 Å². The van der Waals surface area contributed by atoms with E-state index >= 15 is 0 Å². The summed E-state index contributed by atoms with van der Waals surface area (Å²) in [4.78, 5) is 11.1. The number of carbonyl (C=O) groups is 1. The number of aldehydes is 1. The molecule has 0 heterocycles. The maximum absolute atomic E-state index is 11.1. The van der Waals surface area contributed by atoms with E-state index in [0.29, 0.717) is 0 Å². The van der Waals surface area contributed by atoms with E-state index < -0.39 is 0 Å². The van der Waals surface area contributed by atoms with E-state index in [1.54, 1.807) is 0 Å². The summed E-state index contributed by atoms with van der Waals surface area (Å²) in [5.74, 6) is 0. The topological polar surface area (TPSA) is 17.1 Å². The van der Waals surface area contributed by atoms with Gasteiger partial charge in [-0.25, -0.2) is 0 Å². The van der Waals surface area contributed by atoms with Crippen LogP contribution in [0, 0.1) is 5.41 Å². The second-order valence-corrected chi connectivity index (χ2v) is 6.29. The second-order valence-electron chi connectivity index (χ2n) is 5.37. The maximum atomic E-state index is 11.1. The maximum Gasteiger partial charge on any atom is 0.150 e. The number of carbonyl (C=O) groups excluding carboxylic acids is 1. The summed E-state index contributed by atoms with van der Waals surface area (Å²) in [5.41, 5.74) is 4.17. The average Bonchev–Trinajstić information content (AvgIpc) is 2.53. The number of halogens is 1. The van der Waals surface area contributed by atoms with Gasteiger partial charge in [0, 0.05) is 10.0 Å². The molecule has 2 heteroatoms. The standard InChI is InChI=1S/C15H15BrO/c1-15(2,3)8-10-6-11(9-17)14-7-12(16)4-5-13(10)14/h4-9H,1-3H3/b10-8+. The van der Waals surface area contributed by atoms with Gasteiger partial charge in [-0.1, -0.05) is 48.8 Å². The van der Waals surface area contributed by atoms with Crippen LogP contribution in [0.4, 0.5) is 0 Å². The van der Waals surface area contributed by atoms with Crippen molar-refractivity contribution in [2.75, 3.05) is 0 Å². The van der Waals surface area contributed by atoms with Crippen LogP contribution in [-0.2, 0) is 4.79 Å². The molecule has 0 saturated carbocycles. The lowest BCUT2D eigenvalue weighted by molar-refractivity contribution is -0.103. The summed E-state index contributed by atoms with van der Waals surface area (Å²) in [5, 5.41) is 0. The van der Waals surface area contributed by atoms with Crippen molar-refractivity contribution in [2.24, 2.45) is 5.41 Å². The monoisotopic (exact) mass is 290 g/mol. The van der Waals surface area contributed by atoms with Crippen molar-refractivity contribution in [1.82, 2.24) is 0 Å². The highest BCUT2D eigenvalue weighted by Gasteiger charge is 2.20. The van der Waals surface area contributed by atoms with Crippen LogP contribution in [0.5, 0.6) is 0 Å². The summed E-state index contributed by atoms with van der Waals surface area (Å²) in [6, 6.07) is 6.07. The number of hydrogen-bond donors (Lipinski definition) is 0. The first kappa shape index (κ1) is 12.3. The predicted octanol–water partition coefficient (Wildman–Crippen LogP) is 4.47. The van der Waals surface area contributed by atoms with Crippen LogP contribution in [0.3, 0.4) is 0 Å². The van der Waals surface area contributed by atoms with Gasteiger partial charge in [-0.15, -0.1) is 0 Å². The summed E-state index contributed by atoms with van der Waals surface area (Å²) in [6.07, 6.45) is 5.10. The molecule has 0 aromatic heterocycles. The summed E-state index contributed by atoms with van der Waals surface area (Å²) >= 11 is 3.44. The molecule has 1 aliphatic carbocycles. The van der Waals surface area contributed by atoms with E-state index in [9.17, 15) is 4.79 Å². The highest BCUT2D eigenvalue weighted by molar-refractivity contribution is 9.10. The highest BCUT2D eigenvalue weighted by Crippen LogP contribution is 2.37. The minimum absolute atomic E-state index is 0.106. The third-order valence-electron chi connectivity index (χ3n) is 2.63. The van der Waals surface area contributed by atoms with Gasteiger partial charge >= 0.3 is 0 Å². The molecule has 0 radical (unpaired) electrons. The molecule has 1 aliphatic rings.